The van der Waals surface area contributed by atoms with Crippen molar-refractivity contribution in [1.82, 2.24) is 9.88 Å². The number of likely N-dealkylation sites (N-methyl/N-ethyl adjacent to an activating group) is 1. The van der Waals surface area contributed by atoms with E-state index in [-0.39, 0.29) is 6.10 Å². The van der Waals surface area contributed by atoms with E-state index in [1.54, 1.807) is 12.4 Å². The number of aromatic nitrogens is 1. The van der Waals surface area contributed by atoms with Gasteiger partial charge in [-0.15, -0.1) is 0 Å². The fourth-order valence-electron chi connectivity index (χ4n) is 1.41. The standard InChI is InChI=1S/C12H20N2O2/c1-9(2)16-11-5-10(6-13-7-11)12(15)8-14(3)4/h5-7,9,12,15H,8H2,1-4H3. The third-order valence-corrected chi connectivity index (χ3v) is 2.03. The predicted molar refractivity (Wildman–Crippen MR) is 63.5 cm³/mol. The highest BCUT2D eigenvalue weighted by molar-refractivity contribution is 5.25. The van der Waals surface area contributed by atoms with Crippen molar-refractivity contribution in [2.45, 2.75) is 26.1 Å². The SMILES string of the molecule is CC(C)Oc1cncc(C(O)CN(C)C)c1. The zero-order valence-corrected chi connectivity index (χ0v) is 10.3. The number of pyridine rings is 1. The van der Waals surface area contributed by atoms with E-state index in [9.17, 15) is 5.11 Å². The topological polar surface area (TPSA) is 45.6 Å². The molecule has 4 heteroatoms. The van der Waals surface area contributed by atoms with E-state index in [0.29, 0.717) is 12.3 Å². The number of ether oxygens (including phenoxy) is 1. The van der Waals surface area contributed by atoms with Gasteiger partial charge in [0.2, 0.25) is 0 Å². The molecular formula is C12H20N2O2. The van der Waals surface area contributed by atoms with Crippen molar-refractivity contribution in [3.8, 4) is 5.75 Å². The first-order chi connectivity index (χ1) is 7.49. The van der Waals surface area contributed by atoms with Gasteiger partial charge < -0.3 is 14.7 Å². The minimum absolute atomic E-state index is 0.114. The molecule has 0 bridgehead atoms. The summed E-state index contributed by atoms with van der Waals surface area (Å²) in [5.41, 5.74) is 0.784. The molecule has 90 valence electrons. The Bertz CT molecular complexity index is 327. The van der Waals surface area contributed by atoms with Gasteiger partial charge in [0.25, 0.3) is 0 Å². The number of rotatable bonds is 5. The van der Waals surface area contributed by atoms with E-state index in [0.717, 1.165) is 5.56 Å². The zero-order valence-electron chi connectivity index (χ0n) is 10.3. The van der Waals surface area contributed by atoms with Crippen LogP contribution in [0.4, 0.5) is 0 Å². The van der Waals surface area contributed by atoms with Crippen LogP contribution in [0.5, 0.6) is 5.75 Å². The molecule has 0 amide bonds. The Morgan fingerprint density at radius 2 is 2.06 bits per heavy atom. The molecule has 1 atom stereocenters. The van der Waals surface area contributed by atoms with E-state index in [2.05, 4.69) is 4.98 Å². The van der Waals surface area contributed by atoms with E-state index in [1.807, 2.05) is 38.9 Å². The average molecular weight is 224 g/mol. The van der Waals surface area contributed by atoms with Gasteiger partial charge in [0.1, 0.15) is 5.75 Å². The van der Waals surface area contributed by atoms with Gasteiger partial charge in [-0.3, -0.25) is 4.98 Å². The summed E-state index contributed by atoms with van der Waals surface area (Å²) in [6.45, 7) is 4.50. The van der Waals surface area contributed by atoms with Crippen LogP contribution < -0.4 is 4.74 Å². The van der Waals surface area contributed by atoms with Gasteiger partial charge in [-0.25, -0.2) is 0 Å². The Labute approximate surface area is 96.9 Å². The second-order valence-electron chi connectivity index (χ2n) is 4.40. The Kier molecular flexibility index (Phi) is 4.71. The molecule has 1 aromatic heterocycles. The van der Waals surface area contributed by atoms with Crippen LogP contribution >= 0.6 is 0 Å². The molecule has 1 aromatic rings. The van der Waals surface area contributed by atoms with Crippen LogP contribution in [-0.2, 0) is 0 Å². The first kappa shape index (κ1) is 12.9. The molecule has 0 radical (unpaired) electrons. The van der Waals surface area contributed by atoms with Crippen molar-refractivity contribution in [3.63, 3.8) is 0 Å². The molecular weight excluding hydrogens is 204 g/mol. The normalized spacial score (nSPS) is 13.2. The summed E-state index contributed by atoms with van der Waals surface area (Å²) in [6.07, 6.45) is 2.91. The number of nitrogens with zero attached hydrogens (tertiary/aromatic N) is 2. The van der Waals surface area contributed by atoms with Crippen molar-refractivity contribution in [2.24, 2.45) is 0 Å². The third-order valence-electron chi connectivity index (χ3n) is 2.03. The van der Waals surface area contributed by atoms with Crippen LogP contribution in [0.15, 0.2) is 18.5 Å². The smallest absolute Gasteiger partial charge is 0.138 e. The first-order valence-corrected chi connectivity index (χ1v) is 5.43. The molecule has 0 saturated carbocycles. The van der Waals surface area contributed by atoms with Crippen molar-refractivity contribution in [1.29, 1.82) is 0 Å². The molecule has 0 fully saturated rings. The lowest BCUT2D eigenvalue weighted by molar-refractivity contribution is 0.137. The van der Waals surface area contributed by atoms with Gasteiger partial charge in [-0.05, 0) is 34.0 Å². The van der Waals surface area contributed by atoms with Crippen molar-refractivity contribution in [3.05, 3.63) is 24.0 Å². The van der Waals surface area contributed by atoms with Gasteiger partial charge >= 0.3 is 0 Å². The first-order valence-electron chi connectivity index (χ1n) is 5.43. The quantitative estimate of drug-likeness (QED) is 0.822. The third kappa shape index (κ3) is 4.16. The summed E-state index contributed by atoms with van der Waals surface area (Å²) in [5, 5.41) is 9.91. The maximum atomic E-state index is 9.91. The number of hydrogen-bond donors (Lipinski definition) is 1. The van der Waals surface area contributed by atoms with Gasteiger partial charge in [0.15, 0.2) is 0 Å². The van der Waals surface area contributed by atoms with Crippen LogP contribution in [0.2, 0.25) is 0 Å². The van der Waals surface area contributed by atoms with Crippen LogP contribution in [-0.4, -0.2) is 41.7 Å². The number of aliphatic hydroxyl groups excluding tert-OH is 1. The maximum absolute atomic E-state index is 9.91. The zero-order chi connectivity index (χ0) is 12.1. The maximum Gasteiger partial charge on any atom is 0.138 e. The second-order valence-corrected chi connectivity index (χ2v) is 4.40. The minimum atomic E-state index is -0.529. The molecule has 1 rings (SSSR count). The summed E-state index contributed by atoms with van der Waals surface area (Å²) >= 11 is 0. The lowest BCUT2D eigenvalue weighted by Crippen LogP contribution is -2.20. The van der Waals surface area contributed by atoms with E-state index >= 15 is 0 Å². The van der Waals surface area contributed by atoms with E-state index < -0.39 is 6.10 Å². The highest BCUT2D eigenvalue weighted by Gasteiger charge is 2.10. The highest BCUT2D eigenvalue weighted by atomic mass is 16.5. The van der Waals surface area contributed by atoms with Gasteiger partial charge in [-0.1, -0.05) is 0 Å². The van der Waals surface area contributed by atoms with Crippen molar-refractivity contribution >= 4 is 0 Å². The molecule has 0 saturated heterocycles. The monoisotopic (exact) mass is 224 g/mol. The van der Waals surface area contributed by atoms with Crippen LogP contribution in [0.3, 0.4) is 0 Å². The van der Waals surface area contributed by atoms with Crippen LogP contribution in [0.1, 0.15) is 25.5 Å². The minimum Gasteiger partial charge on any atom is -0.489 e. The van der Waals surface area contributed by atoms with Crippen LogP contribution in [0.25, 0.3) is 0 Å². The summed E-state index contributed by atoms with van der Waals surface area (Å²) in [4.78, 5) is 5.99. The van der Waals surface area contributed by atoms with Crippen molar-refractivity contribution < 1.29 is 9.84 Å². The molecule has 0 aliphatic carbocycles. The molecule has 1 unspecified atom stereocenters. The van der Waals surface area contributed by atoms with Gasteiger partial charge in [0.05, 0.1) is 18.4 Å². The largest absolute Gasteiger partial charge is 0.489 e. The Balaban J connectivity index is 2.73. The molecule has 0 aromatic carbocycles. The van der Waals surface area contributed by atoms with Gasteiger partial charge in [-0.2, -0.15) is 0 Å². The van der Waals surface area contributed by atoms with E-state index in [1.165, 1.54) is 0 Å². The number of aliphatic hydroxyl groups is 1. The van der Waals surface area contributed by atoms with Crippen molar-refractivity contribution in [2.75, 3.05) is 20.6 Å². The summed E-state index contributed by atoms with van der Waals surface area (Å²) < 4.78 is 5.52. The highest BCUT2D eigenvalue weighted by Crippen LogP contribution is 2.18. The summed E-state index contributed by atoms with van der Waals surface area (Å²) in [5.74, 6) is 0.699. The van der Waals surface area contributed by atoms with Gasteiger partial charge in [0, 0.05) is 18.3 Å². The molecule has 1 heterocycles. The molecule has 0 aliphatic heterocycles. The fourth-order valence-corrected chi connectivity index (χ4v) is 1.41. The predicted octanol–water partition coefficient (Wildman–Crippen LogP) is 1.46. The molecule has 16 heavy (non-hydrogen) atoms. The number of hydrogen-bond acceptors (Lipinski definition) is 4. The second kappa shape index (κ2) is 5.82. The Morgan fingerprint density at radius 1 is 1.38 bits per heavy atom. The summed E-state index contributed by atoms with van der Waals surface area (Å²) in [7, 11) is 3.84. The molecule has 1 N–H and O–H groups in total. The average Bonchev–Trinajstić information content (AvgIpc) is 2.16. The molecule has 4 nitrogen and oxygen atoms in total. The molecule has 0 aliphatic rings. The summed E-state index contributed by atoms with van der Waals surface area (Å²) in [6, 6.07) is 1.83. The van der Waals surface area contributed by atoms with E-state index in [4.69, 9.17) is 4.74 Å². The lowest BCUT2D eigenvalue weighted by Gasteiger charge is -2.17. The Morgan fingerprint density at radius 3 is 2.62 bits per heavy atom. The van der Waals surface area contributed by atoms with Crippen LogP contribution in [0, 0.1) is 0 Å². The Hall–Kier alpha value is -1.13. The molecule has 0 spiro atoms. The lowest BCUT2D eigenvalue weighted by atomic mass is 10.1. The fraction of sp³-hybridized carbons (Fsp3) is 0.583.